The van der Waals surface area contributed by atoms with Gasteiger partial charge in [-0.3, -0.25) is 9.55 Å². The Morgan fingerprint density at radius 3 is 2.33 bits per heavy atom. The Kier molecular flexibility index (Phi) is 4.46. The number of nitrogens with two attached hydrogens (primary N) is 1. The van der Waals surface area contributed by atoms with Gasteiger partial charge in [0.25, 0.3) is 0 Å². The highest BCUT2D eigenvalue weighted by molar-refractivity contribution is 5.83. The number of anilines is 2. The van der Waals surface area contributed by atoms with Gasteiger partial charge < -0.3 is 15.7 Å². The van der Waals surface area contributed by atoms with Crippen LogP contribution in [0.2, 0.25) is 0 Å². The molecule has 152 valence electrons. The summed E-state index contributed by atoms with van der Waals surface area (Å²) in [5.41, 5.74) is 9.73. The summed E-state index contributed by atoms with van der Waals surface area (Å²) in [6, 6.07) is 11.2. The molecule has 30 heavy (non-hydrogen) atoms. The number of nitrogen functional groups attached to an aromatic ring is 1. The quantitative estimate of drug-likeness (QED) is 0.543. The predicted octanol–water partition coefficient (Wildman–Crippen LogP) is 3.19. The summed E-state index contributed by atoms with van der Waals surface area (Å²) >= 11 is 0. The number of imidazole rings is 1. The van der Waals surface area contributed by atoms with E-state index in [1.54, 1.807) is 24.5 Å². The molecule has 1 saturated heterocycles. The molecular formula is C22H23N7O. The van der Waals surface area contributed by atoms with Crippen molar-refractivity contribution in [2.45, 2.75) is 25.7 Å². The van der Waals surface area contributed by atoms with Crippen LogP contribution >= 0.6 is 0 Å². The first kappa shape index (κ1) is 18.4. The summed E-state index contributed by atoms with van der Waals surface area (Å²) < 4.78 is 2.00. The standard InChI is InChI=1S/C22H23N7O/c1-14-25-19-20(23)26-21(27-22(19)29(14)17-6-10-24-11-7-17)15-8-12-28(13-9-15)16-2-4-18(30)5-3-16/h2-7,10-11,15,30H,8-9,12-13H2,1H3,(H2,23,26,27). The number of aromatic hydroxyl groups is 1. The molecule has 0 spiro atoms. The third-order valence-corrected chi connectivity index (χ3v) is 5.71. The van der Waals surface area contributed by atoms with Gasteiger partial charge in [-0.05, 0) is 56.2 Å². The molecule has 8 heteroatoms. The van der Waals surface area contributed by atoms with Gasteiger partial charge in [0.2, 0.25) is 0 Å². The zero-order valence-electron chi connectivity index (χ0n) is 16.7. The first-order valence-electron chi connectivity index (χ1n) is 10.1. The van der Waals surface area contributed by atoms with E-state index in [4.69, 9.17) is 10.7 Å². The first-order chi connectivity index (χ1) is 14.6. The van der Waals surface area contributed by atoms with Crippen LogP contribution in [0.3, 0.4) is 0 Å². The third kappa shape index (κ3) is 3.20. The van der Waals surface area contributed by atoms with E-state index in [0.29, 0.717) is 11.3 Å². The first-order valence-corrected chi connectivity index (χ1v) is 10.1. The van der Waals surface area contributed by atoms with Crippen molar-refractivity contribution in [1.82, 2.24) is 24.5 Å². The maximum atomic E-state index is 9.51. The molecule has 3 N–H and O–H groups in total. The number of rotatable bonds is 3. The molecule has 4 aromatic rings. The summed E-state index contributed by atoms with van der Waals surface area (Å²) in [4.78, 5) is 20.5. The number of hydrogen-bond donors (Lipinski definition) is 2. The average Bonchev–Trinajstić information content (AvgIpc) is 3.11. The van der Waals surface area contributed by atoms with E-state index in [-0.39, 0.29) is 11.7 Å². The predicted molar refractivity (Wildman–Crippen MR) is 116 cm³/mol. The van der Waals surface area contributed by atoms with Crippen molar-refractivity contribution in [1.29, 1.82) is 0 Å². The molecule has 0 unspecified atom stereocenters. The fraction of sp³-hybridized carbons (Fsp3) is 0.273. The van der Waals surface area contributed by atoms with Crippen LogP contribution in [0.1, 0.15) is 30.4 Å². The molecule has 1 aliphatic rings. The van der Waals surface area contributed by atoms with E-state index in [0.717, 1.165) is 54.6 Å². The second kappa shape index (κ2) is 7.29. The Balaban J connectivity index is 1.45. The lowest BCUT2D eigenvalue weighted by molar-refractivity contribution is 0.474. The van der Waals surface area contributed by atoms with Crippen molar-refractivity contribution >= 4 is 22.7 Å². The molecule has 3 aromatic heterocycles. The van der Waals surface area contributed by atoms with Gasteiger partial charge in [0.05, 0.1) is 5.69 Å². The molecule has 0 radical (unpaired) electrons. The van der Waals surface area contributed by atoms with Crippen molar-refractivity contribution in [3.63, 3.8) is 0 Å². The van der Waals surface area contributed by atoms with E-state index in [9.17, 15) is 5.11 Å². The summed E-state index contributed by atoms with van der Waals surface area (Å²) in [6.07, 6.45) is 5.39. The lowest BCUT2D eigenvalue weighted by atomic mass is 9.95. The lowest BCUT2D eigenvalue weighted by Crippen LogP contribution is -2.33. The van der Waals surface area contributed by atoms with Crippen LogP contribution in [0, 0.1) is 6.92 Å². The number of phenolic OH excluding ortho intramolecular Hbond substituents is 1. The second-order valence-corrected chi connectivity index (χ2v) is 7.62. The Bertz CT molecular complexity index is 1180. The summed E-state index contributed by atoms with van der Waals surface area (Å²) in [5, 5.41) is 9.51. The van der Waals surface area contributed by atoms with Gasteiger partial charge >= 0.3 is 0 Å². The van der Waals surface area contributed by atoms with E-state index < -0.39 is 0 Å². The summed E-state index contributed by atoms with van der Waals surface area (Å²) in [5.74, 6) is 2.54. The third-order valence-electron chi connectivity index (χ3n) is 5.71. The molecular weight excluding hydrogens is 378 g/mol. The Morgan fingerprint density at radius 1 is 0.933 bits per heavy atom. The van der Waals surface area contributed by atoms with E-state index in [2.05, 4.69) is 19.9 Å². The smallest absolute Gasteiger partial charge is 0.170 e. The van der Waals surface area contributed by atoms with Crippen LogP contribution in [-0.2, 0) is 0 Å². The van der Waals surface area contributed by atoms with Crippen LogP contribution in [-0.4, -0.2) is 42.7 Å². The average molecular weight is 401 g/mol. The van der Waals surface area contributed by atoms with Crippen molar-refractivity contribution in [3.05, 3.63) is 60.4 Å². The van der Waals surface area contributed by atoms with Gasteiger partial charge in [0.15, 0.2) is 17.0 Å². The topological polar surface area (TPSA) is 106 Å². The molecule has 0 saturated carbocycles. The van der Waals surface area contributed by atoms with Crippen molar-refractivity contribution in [2.24, 2.45) is 0 Å². The molecule has 5 rings (SSSR count). The van der Waals surface area contributed by atoms with Gasteiger partial charge in [-0.1, -0.05) is 0 Å². The maximum Gasteiger partial charge on any atom is 0.170 e. The number of fused-ring (bicyclic) bond motifs is 1. The highest BCUT2D eigenvalue weighted by Crippen LogP contribution is 2.32. The summed E-state index contributed by atoms with van der Waals surface area (Å²) in [6.45, 7) is 3.75. The van der Waals surface area contributed by atoms with Crippen molar-refractivity contribution < 1.29 is 5.11 Å². The van der Waals surface area contributed by atoms with Gasteiger partial charge in [0, 0.05) is 37.1 Å². The zero-order valence-corrected chi connectivity index (χ0v) is 16.7. The lowest BCUT2D eigenvalue weighted by Gasteiger charge is -2.33. The van der Waals surface area contributed by atoms with Crippen molar-refractivity contribution in [3.8, 4) is 11.4 Å². The van der Waals surface area contributed by atoms with Crippen LogP contribution in [0.15, 0.2) is 48.8 Å². The molecule has 0 amide bonds. The minimum Gasteiger partial charge on any atom is -0.508 e. The highest BCUT2D eigenvalue weighted by Gasteiger charge is 2.25. The van der Waals surface area contributed by atoms with Crippen molar-refractivity contribution in [2.75, 3.05) is 23.7 Å². The largest absolute Gasteiger partial charge is 0.508 e. The van der Waals surface area contributed by atoms with E-state index in [1.165, 1.54) is 0 Å². The number of aromatic nitrogens is 5. The number of aryl methyl sites for hydroxylation is 1. The van der Waals surface area contributed by atoms with Gasteiger partial charge in [-0.2, -0.15) is 0 Å². The number of phenols is 1. The molecule has 0 aliphatic carbocycles. The van der Waals surface area contributed by atoms with Crippen LogP contribution in [0.5, 0.6) is 5.75 Å². The van der Waals surface area contributed by atoms with Crippen LogP contribution < -0.4 is 10.6 Å². The number of hydrogen-bond acceptors (Lipinski definition) is 7. The van der Waals surface area contributed by atoms with Crippen LogP contribution in [0.25, 0.3) is 16.9 Å². The van der Waals surface area contributed by atoms with E-state index in [1.807, 2.05) is 35.8 Å². The maximum absolute atomic E-state index is 9.51. The highest BCUT2D eigenvalue weighted by atomic mass is 16.3. The number of benzene rings is 1. The van der Waals surface area contributed by atoms with Gasteiger partial charge in [0.1, 0.15) is 17.4 Å². The fourth-order valence-corrected chi connectivity index (χ4v) is 4.15. The summed E-state index contributed by atoms with van der Waals surface area (Å²) in [7, 11) is 0. The Hall–Kier alpha value is -3.68. The molecule has 4 heterocycles. The molecule has 0 atom stereocenters. The molecule has 1 fully saturated rings. The molecule has 1 aromatic carbocycles. The number of piperidine rings is 1. The van der Waals surface area contributed by atoms with E-state index >= 15 is 0 Å². The molecule has 1 aliphatic heterocycles. The molecule has 8 nitrogen and oxygen atoms in total. The number of nitrogens with zero attached hydrogens (tertiary/aromatic N) is 6. The molecule has 0 bridgehead atoms. The zero-order chi connectivity index (χ0) is 20.7. The van der Waals surface area contributed by atoms with Crippen LogP contribution in [0.4, 0.5) is 11.5 Å². The Labute approximate surface area is 174 Å². The SMILES string of the molecule is Cc1nc2c(N)nc(C3CCN(c4ccc(O)cc4)CC3)nc2n1-c1ccncc1. The normalized spacial score (nSPS) is 15.0. The fourth-order valence-electron chi connectivity index (χ4n) is 4.15. The van der Waals surface area contributed by atoms with Gasteiger partial charge in [-0.25, -0.2) is 15.0 Å². The minimum absolute atomic E-state index is 0.242. The number of pyridine rings is 1. The Morgan fingerprint density at radius 2 is 1.63 bits per heavy atom. The monoisotopic (exact) mass is 401 g/mol. The van der Waals surface area contributed by atoms with Gasteiger partial charge in [-0.15, -0.1) is 0 Å². The minimum atomic E-state index is 0.242. The second-order valence-electron chi connectivity index (χ2n) is 7.62.